The topological polar surface area (TPSA) is 39.1 Å². The van der Waals surface area contributed by atoms with Crippen molar-refractivity contribution in [3.63, 3.8) is 0 Å². The van der Waals surface area contributed by atoms with Gasteiger partial charge in [0.25, 0.3) is 0 Å². The minimum absolute atomic E-state index is 0.0604. The van der Waals surface area contributed by atoms with Crippen LogP contribution in [-0.2, 0) is 4.79 Å². The minimum atomic E-state index is -0.524. The van der Waals surface area contributed by atoms with Crippen molar-refractivity contribution in [2.24, 2.45) is 5.92 Å². The van der Waals surface area contributed by atoms with Crippen molar-refractivity contribution in [3.05, 3.63) is 24.5 Å². The molecular weight excluding hydrogens is 226 g/mol. The van der Waals surface area contributed by atoms with Gasteiger partial charge in [0.05, 0.1) is 5.92 Å². The maximum absolute atomic E-state index is 11.9. The lowest BCUT2D eigenvalue weighted by molar-refractivity contribution is -0.121. The quantitative estimate of drug-likeness (QED) is 0.520. The standard InChI is InChI=1S/C15H23NO2/c1-3-4-5-6-7-10-14(17)13(2)15(18)16-11-8-9-12-16/h8-9,11-13H,3-7,10H2,1-2H3. The molecule has 0 radical (unpaired) electrons. The predicted molar refractivity (Wildman–Crippen MR) is 72.6 cm³/mol. The molecule has 0 bridgehead atoms. The van der Waals surface area contributed by atoms with Gasteiger partial charge in [0.15, 0.2) is 0 Å². The van der Waals surface area contributed by atoms with Crippen LogP contribution in [0.5, 0.6) is 0 Å². The van der Waals surface area contributed by atoms with Crippen molar-refractivity contribution < 1.29 is 9.59 Å². The van der Waals surface area contributed by atoms with Crippen molar-refractivity contribution in [2.45, 2.75) is 52.4 Å². The van der Waals surface area contributed by atoms with Gasteiger partial charge in [-0.15, -0.1) is 0 Å². The van der Waals surface area contributed by atoms with Gasteiger partial charge in [-0.2, -0.15) is 0 Å². The highest BCUT2D eigenvalue weighted by Crippen LogP contribution is 2.11. The Morgan fingerprint density at radius 3 is 2.28 bits per heavy atom. The van der Waals surface area contributed by atoms with Gasteiger partial charge in [-0.25, -0.2) is 0 Å². The van der Waals surface area contributed by atoms with Crippen LogP contribution in [0.25, 0.3) is 0 Å². The van der Waals surface area contributed by atoms with Crippen LogP contribution < -0.4 is 0 Å². The minimum Gasteiger partial charge on any atom is -0.299 e. The molecule has 18 heavy (non-hydrogen) atoms. The summed E-state index contributed by atoms with van der Waals surface area (Å²) in [6.07, 6.45) is 9.51. The van der Waals surface area contributed by atoms with Gasteiger partial charge in [0.1, 0.15) is 5.78 Å². The summed E-state index contributed by atoms with van der Waals surface area (Å²) in [4.78, 5) is 23.8. The van der Waals surface area contributed by atoms with Crippen LogP contribution in [0.1, 0.15) is 57.2 Å². The highest BCUT2D eigenvalue weighted by Gasteiger charge is 2.21. The van der Waals surface area contributed by atoms with Crippen LogP contribution in [0.3, 0.4) is 0 Å². The number of Topliss-reactive ketones (excluding diaryl/α,β-unsaturated/α-hetero) is 1. The van der Waals surface area contributed by atoms with E-state index in [9.17, 15) is 9.59 Å². The van der Waals surface area contributed by atoms with E-state index in [2.05, 4.69) is 6.92 Å². The van der Waals surface area contributed by atoms with Crippen molar-refractivity contribution in [3.8, 4) is 0 Å². The third-order valence-electron chi connectivity index (χ3n) is 3.24. The molecule has 0 aliphatic heterocycles. The Hall–Kier alpha value is -1.38. The lowest BCUT2D eigenvalue weighted by Crippen LogP contribution is -2.25. The highest BCUT2D eigenvalue weighted by atomic mass is 16.2. The lowest BCUT2D eigenvalue weighted by Gasteiger charge is -2.10. The van der Waals surface area contributed by atoms with E-state index in [0.717, 1.165) is 12.8 Å². The monoisotopic (exact) mass is 249 g/mol. The number of rotatable bonds is 8. The second kappa shape index (κ2) is 7.85. The molecule has 0 fully saturated rings. The average molecular weight is 249 g/mol. The fraction of sp³-hybridized carbons (Fsp3) is 0.600. The molecule has 3 nitrogen and oxygen atoms in total. The number of unbranched alkanes of at least 4 members (excludes halogenated alkanes) is 4. The number of carbonyl (C=O) groups is 2. The molecule has 1 aromatic heterocycles. The first-order valence-corrected chi connectivity index (χ1v) is 6.86. The summed E-state index contributed by atoms with van der Waals surface area (Å²) in [6, 6.07) is 3.58. The van der Waals surface area contributed by atoms with Gasteiger partial charge >= 0.3 is 0 Å². The number of hydrogen-bond donors (Lipinski definition) is 0. The van der Waals surface area contributed by atoms with Crippen LogP contribution in [-0.4, -0.2) is 16.3 Å². The van der Waals surface area contributed by atoms with E-state index in [1.165, 1.54) is 23.8 Å². The molecule has 1 rings (SSSR count). The zero-order valence-corrected chi connectivity index (χ0v) is 11.4. The normalized spacial score (nSPS) is 12.3. The zero-order chi connectivity index (χ0) is 13.4. The fourth-order valence-electron chi connectivity index (χ4n) is 1.96. The number of aromatic nitrogens is 1. The summed E-state index contributed by atoms with van der Waals surface area (Å²) in [6.45, 7) is 3.87. The first-order chi connectivity index (χ1) is 8.66. The third-order valence-corrected chi connectivity index (χ3v) is 3.24. The Morgan fingerprint density at radius 1 is 1.06 bits per heavy atom. The molecule has 0 amide bonds. The van der Waals surface area contributed by atoms with Gasteiger partial charge < -0.3 is 0 Å². The molecule has 0 saturated carbocycles. The van der Waals surface area contributed by atoms with Crippen LogP contribution >= 0.6 is 0 Å². The molecule has 0 aliphatic rings. The molecule has 0 aliphatic carbocycles. The molecule has 1 unspecified atom stereocenters. The van der Waals surface area contributed by atoms with Crippen LogP contribution in [0.4, 0.5) is 0 Å². The first-order valence-electron chi connectivity index (χ1n) is 6.86. The Balaban J connectivity index is 2.31. The maximum Gasteiger partial charge on any atom is 0.240 e. The Labute approximate surface area is 109 Å². The molecular formula is C15H23NO2. The van der Waals surface area contributed by atoms with E-state index in [0.29, 0.717) is 6.42 Å². The van der Waals surface area contributed by atoms with Crippen molar-refractivity contribution >= 4 is 11.7 Å². The molecule has 3 heteroatoms. The van der Waals surface area contributed by atoms with Crippen molar-refractivity contribution in [1.82, 2.24) is 4.57 Å². The second-order valence-electron chi connectivity index (χ2n) is 4.78. The van der Waals surface area contributed by atoms with Crippen LogP contribution in [0, 0.1) is 5.92 Å². The SMILES string of the molecule is CCCCCCCC(=O)C(C)C(=O)n1cccc1. The number of nitrogens with zero attached hydrogens (tertiary/aromatic N) is 1. The molecule has 0 N–H and O–H groups in total. The second-order valence-corrected chi connectivity index (χ2v) is 4.78. The van der Waals surface area contributed by atoms with E-state index >= 15 is 0 Å². The highest BCUT2D eigenvalue weighted by molar-refractivity contribution is 6.01. The van der Waals surface area contributed by atoms with Gasteiger partial charge in [-0.05, 0) is 25.5 Å². The summed E-state index contributed by atoms with van der Waals surface area (Å²) in [7, 11) is 0. The van der Waals surface area contributed by atoms with E-state index in [4.69, 9.17) is 0 Å². The molecule has 1 aromatic rings. The first kappa shape index (κ1) is 14.7. The van der Waals surface area contributed by atoms with Gasteiger partial charge in [-0.3, -0.25) is 14.2 Å². The predicted octanol–water partition coefficient (Wildman–Crippen LogP) is 3.69. The number of carbonyl (C=O) groups excluding carboxylic acids is 2. The third kappa shape index (κ3) is 4.47. The van der Waals surface area contributed by atoms with E-state index in [-0.39, 0.29) is 11.7 Å². The van der Waals surface area contributed by atoms with Gasteiger partial charge in [-0.1, -0.05) is 32.6 Å². The largest absolute Gasteiger partial charge is 0.299 e. The molecule has 0 aromatic carbocycles. The maximum atomic E-state index is 11.9. The Bertz CT molecular complexity index is 368. The molecule has 0 saturated heterocycles. The summed E-state index contributed by atoms with van der Waals surface area (Å²) < 4.78 is 1.49. The van der Waals surface area contributed by atoms with E-state index in [1.54, 1.807) is 31.5 Å². The number of hydrogen-bond acceptors (Lipinski definition) is 2. The zero-order valence-electron chi connectivity index (χ0n) is 11.4. The lowest BCUT2D eigenvalue weighted by atomic mass is 9.99. The van der Waals surface area contributed by atoms with Gasteiger partial charge in [0, 0.05) is 18.8 Å². The summed E-state index contributed by atoms with van der Waals surface area (Å²) >= 11 is 0. The van der Waals surface area contributed by atoms with Crippen LogP contribution in [0.2, 0.25) is 0 Å². The smallest absolute Gasteiger partial charge is 0.240 e. The molecule has 0 spiro atoms. The Morgan fingerprint density at radius 2 is 1.67 bits per heavy atom. The molecule has 1 heterocycles. The molecule has 100 valence electrons. The van der Waals surface area contributed by atoms with Crippen LogP contribution in [0.15, 0.2) is 24.5 Å². The summed E-state index contributed by atoms with van der Waals surface area (Å²) in [5.41, 5.74) is 0. The average Bonchev–Trinajstić information content (AvgIpc) is 2.90. The fourth-order valence-corrected chi connectivity index (χ4v) is 1.96. The van der Waals surface area contributed by atoms with Crippen molar-refractivity contribution in [1.29, 1.82) is 0 Å². The van der Waals surface area contributed by atoms with E-state index < -0.39 is 5.92 Å². The molecule has 1 atom stereocenters. The summed E-state index contributed by atoms with van der Waals surface area (Å²) in [5, 5.41) is 0. The van der Waals surface area contributed by atoms with E-state index in [1.807, 2.05) is 0 Å². The van der Waals surface area contributed by atoms with Crippen molar-refractivity contribution in [2.75, 3.05) is 0 Å². The van der Waals surface area contributed by atoms with Gasteiger partial charge in [0.2, 0.25) is 5.91 Å². The number of ketones is 1. The Kier molecular flexibility index (Phi) is 6.40. The summed E-state index contributed by atoms with van der Waals surface area (Å²) in [5.74, 6) is -0.590.